The van der Waals surface area contributed by atoms with Crippen molar-refractivity contribution in [2.75, 3.05) is 18.1 Å². The standard InChI is InChI=1S/C23H21BrF2N2O3/c1-2-31-21-17(12-28(23(21)30)20-9-8-15(25)11-18(20)26)22(29)27-19-5-3-4-13-6-7-14(24)10-16(13)19/h6-11,19H,2-5,12H2,1H3,(H,27,29). The van der Waals surface area contributed by atoms with E-state index in [2.05, 4.69) is 21.2 Å². The van der Waals surface area contributed by atoms with Gasteiger partial charge in [-0.2, -0.15) is 0 Å². The Morgan fingerprint density at radius 2 is 2.06 bits per heavy atom. The van der Waals surface area contributed by atoms with E-state index in [9.17, 15) is 18.4 Å². The predicted octanol–water partition coefficient (Wildman–Crippen LogP) is 4.56. The largest absolute Gasteiger partial charge is 0.488 e. The van der Waals surface area contributed by atoms with Gasteiger partial charge in [-0.15, -0.1) is 0 Å². The van der Waals surface area contributed by atoms with Gasteiger partial charge in [0.15, 0.2) is 5.76 Å². The summed E-state index contributed by atoms with van der Waals surface area (Å²) in [7, 11) is 0. The molecule has 8 heteroatoms. The number of nitrogens with zero attached hydrogens (tertiary/aromatic N) is 1. The minimum absolute atomic E-state index is 0.0988. The van der Waals surface area contributed by atoms with E-state index in [0.717, 1.165) is 40.3 Å². The van der Waals surface area contributed by atoms with Crippen molar-refractivity contribution in [3.8, 4) is 0 Å². The average molecular weight is 491 g/mol. The summed E-state index contributed by atoms with van der Waals surface area (Å²) >= 11 is 3.48. The summed E-state index contributed by atoms with van der Waals surface area (Å²) in [5.74, 6) is -2.78. The molecule has 0 radical (unpaired) electrons. The van der Waals surface area contributed by atoms with Gasteiger partial charge in [0.2, 0.25) is 0 Å². The van der Waals surface area contributed by atoms with Crippen LogP contribution in [0.2, 0.25) is 0 Å². The molecule has 4 rings (SSSR count). The van der Waals surface area contributed by atoms with Crippen molar-refractivity contribution in [2.45, 2.75) is 32.2 Å². The number of rotatable bonds is 5. The molecular formula is C23H21BrF2N2O3. The summed E-state index contributed by atoms with van der Waals surface area (Å²) in [6, 6.07) is 8.78. The number of benzene rings is 2. The first kappa shape index (κ1) is 21.5. The summed E-state index contributed by atoms with van der Waals surface area (Å²) in [4.78, 5) is 27.1. The number of amides is 2. The van der Waals surface area contributed by atoms with E-state index >= 15 is 0 Å². The Labute approximate surface area is 187 Å². The molecule has 1 aliphatic carbocycles. The van der Waals surface area contributed by atoms with Crippen LogP contribution in [0.5, 0.6) is 0 Å². The van der Waals surface area contributed by atoms with E-state index in [0.29, 0.717) is 6.07 Å². The Morgan fingerprint density at radius 3 is 2.81 bits per heavy atom. The monoisotopic (exact) mass is 490 g/mol. The SMILES string of the molecule is CCOC1=C(C(=O)NC2CCCc3ccc(Br)cc32)CN(c2ccc(F)cc2F)C1=O. The van der Waals surface area contributed by atoms with Crippen LogP contribution in [-0.2, 0) is 20.7 Å². The lowest BCUT2D eigenvalue weighted by atomic mass is 9.87. The van der Waals surface area contributed by atoms with Gasteiger partial charge in [0.25, 0.3) is 11.8 Å². The second-order valence-corrected chi connectivity index (χ2v) is 8.40. The fraction of sp³-hybridized carbons (Fsp3) is 0.304. The topological polar surface area (TPSA) is 58.6 Å². The zero-order valence-corrected chi connectivity index (χ0v) is 18.5. The number of fused-ring (bicyclic) bond motifs is 1. The molecule has 2 aliphatic rings. The quantitative estimate of drug-likeness (QED) is 0.668. The van der Waals surface area contributed by atoms with Crippen LogP contribution < -0.4 is 10.2 Å². The van der Waals surface area contributed by atoms with E-state index < -0.39 is 23.4 Å². The maximum absolute atomic E-state index is 14.3. The smallest absolute Gasteiger partial charge is 0.294 e. The number of hydrogen-bond acceptors (Lipinski definition) is 3. The molecule has 0 saturated carbocycles. The summed E-state index contributed by atoms with van der Waals surface area (Å²) < 4.78 is 34.0. The molecule has 0 spiro atoms. The summed E-state index contributed by atoms with van der Waals surface area (Å²) in [5.41, 5.74) is 2.26. The highest BCUT2D eigenvalue weighted by molar-refractivity contribution is 9.10. The Hall–Kier alpha value is -2.74. The van der Waals surface area contributed by atoms with E-state index in [1.54, 1.807) is 6.92 Å². The minimum Gasteiger partial charge on any atom is -0.488 e. The van der Waals surface area contributed by atoms with Crippen LogP contribution in [-0.4, -0.2) is 25.0 Å². The van der Waals surface area contributed by atoms with Crippen LogP contribution in [0, 0.1) is 11.6 Å². The van der Waals surface area contributed by atoms with E-state index in [4.69, 9.17) is 4.74 Å². The molecule has 0 fully saturated rings. The number of carbonyl (C=O) groups excluding carboxylic acids is 2. The second-order valence-electron chi connectivity index (χ2n) is 7.49. The average Bonchev–Trinajstić information content (AvgIpc) is 3.05. The van der Waals surface area contributed by atoms with Gasteiger partial charge in [-0.05, 0) is 61.6 Å². The molecule has 1 N–H and O–H groups in total. The van der Waals surface area contributed by atoms with Gasteiger partial charge in [-0.3, -0.25) is 14.5 Å². The molecule has 5 nitrogen and oxygen atoms in total. The molecule has 2 aromatic rings. The summed E-state index contributed by atoms with van der Waals surface area (Å²) in [6.45, 7) is 1.73. The number of hydrogen-bond donors (Lipinski definition) is 1. The van der Waals surface area contributed by atoms with Crippen molar-refractivity contribution in [2.24, 2.45) is 0 Å². The third-order valence-electron chi connectivity index (χ3n) is 5.52. The third kappa shape index (κ3) is 4.21. The van der Waals surface area contributed by atoms with Crippen LogP contribution in [0.25, 0.3) is 0 Å². The Kier molecular flexibility index (Phi) is 6.09. The molecule has 2 amide bonds. The molecule has 0 bridgehead atoms. The molecule has 0 saturated heterocycles. The molecule has 1 heterocycles. The van der Waals surface area contributed by atoms with Crippen molar-refractivity contribution in [3.63, 3.8) is 0 Å². The zero-order chi connectivity index (χ0) is 22.1. The number of carbonyl (C=O) groups is 2. The fourth-order valence-corrected chi connectivity index (χ4v) is 4.46. The van der Waals surface area contributed by atoms with Crippen LogP contribution in [0.1, 0.15) is 36.9 Å². The van der Waals surface area contributed by atoms with E-state index in [1.165, 1.54) is 11.6 Å². The first-order valence-corrected chi connectivity index (χ1v) is 10.9. The van der Waals surface area contributed by atoms with Crippen LogP contribution in [0.3, 0.4) is 0 Å². The van der Waals surface area contributed by atoms with E-state index in [1.807, 2.05) is 18.2 Å². The number of aryl methyl sites for hydroxylation is 1. The second kappa shape index (κ2) is 8.78. The number of halogens is 3. The van der Waals surface area contributed by atoms with Crippen molar-refractivity contribution >= 4 is 33.4 Å². The molecule has 2 aromatic carbocycles. The molecule has 1 aliphatic heterocycles. The highest BCUT2D eigenvalue weighted by Crippen LogP contribution is 2.33. The maximum atomic E-state index is 14.3. The lowest BCUT2D eigenvalue weighted by Gasteiger charge is -2.27. The first-order chi connectivity index (χ1) is 14.9. The summed E-state index contributed by atoms with van der Waals surface area (Å²) in [5, 5.41) is 3.02. The van der Waals surface area contributed by atoms with Gasteiger partial charge >= 0.3 is 0 Å². The zero-order valence-electron chi connectivity index (χ0n) is 16.9. The lowest BCUT2D eigenvalue weighted by Crippen LogP contribution is -2.34. The molecule has 1 atom stereocenters. The predicted molar refractivity (Wildman–Crippen MR) is 115 cm³/mol. The Bertz CT molecular complexity index is 1090. The van der Waals surface area contributed by atoms with Crippen molar-refractivity contribution in [1.82, 2.24) is 5.32 Å². The van der Waals surface area contributed by atoms with Crippen molar-refractivity contribution in [1.29, 1.82) is 0 Å². The third-order valence-corrected chi connectivity index (χ3v) is 6.01. The highest BCUT2D eigenvalue weighted by atomic mass is 79.9. The Morgan fingerprint density at radius 1 is 1.26 bits per heavy atom. The van der Waals surface area contributed by atoms with Crippen molar-refractivity contribution in [3.05, 3.63) is 75.0 Å². The van der Waals surface area contributed by atoms with Gasteiger partial charge in [0, 0.05) is 10.5 Å². The molecule has 162 valence electrons. The lowest BCUT2D eigenvalue weighted by molar-refractivity contribution is -0.120. The van der Waals surface area contributed by atoms with Gasteiger partial charge in [0.1, 0.15) is 11.6 Å². The van der Waals surface area contributed by atoms with Crippen LogP contribution in [0.4, 0.5) is 14.5 Å². The number of ether oxygens (including phenoxy) is 1. The van der Waals surface area contributed by atoms with Crippen LogP contribution >= 0.6 is 15.9 Å². The summed E-state index contributed by atoms with van der Waals surface area (Å²) in [6.07, 6.45) is 2.65. The van der Waals surface area contributed by atoms with Gasteiger partial charge in [0.05, 0.1) is 30.5 Å². The number of anilines is 1. The van der Waals surface area contributed by atoms with Gasteiger partial charge in [-0.25, -0.2) is 8.78 Å². The first-order valence-electron chi connectivity index (χ1n) is 10.1. The van der Waals surface area contributed by atoms with E-state index in [-0.39, 0.29) is 36.2 Å². The van der Waals surface area contributed by atoms with Gasteiger partial charge < -0.3 is 10.1 Å². The Balaban J connectivity index is 1.61. The maximum Gasteiger partial charge on any atom is 0.294 e. The normalized spacial score (nSPS) is 18.3. The highest BCUT2D eigenvalue weighted by Gasteiger charge is 2.38. The molecule has 1 unspecified atom stereocenters. The molecule has 0 aromatic heterocycles. The van der Waals surface area contributed by atoms with Crippen molar-refractivity contribution < 1.29 is 23.1 Å². The number of nitrogens with one attached hydrogen (secondary N) is 1. The molecule has 31 heavy (non-hydrogen) atoms. The minimum atomic E-state index is -0.878. The molecular weight excluding hydrogens is 470 g/mol. The van der Waals surface area contributed by atoms with Crippen LogP contribution in [0.15, 0.2) is 52.2 Å². The fourth-order valence-electron chi connectivity index (χ4n) is 4.08. The van der Waals surface area contributed by atoms with Gasteiger partial charge in [-0.1, -0.05) is 22.0 Å².